The molecule has 4 heteroatoms. The summed E-state index contributed by atoms with van der Waals surface area (Å²) in [6.45, 7) is 2.05. The van der Waals surface area contributed by atoms with Crippen LogP contribution in [-0.4, -0.2) is 11.0 Å². The van der Waals surface area contributed by atoms with E-state index in [1.807, 2.05) is 36.4 Å². The van der Waals surface area contributed by atoms with Gasteiger partial charge in [0.15, 0.2) is 5.11 Å². The number of benzene rings is 2. The number of carbonyl (C=O) groups excluding carboxylic acids is 1. The van der Waals surface area contributed by atoms with E-state index >= 15 is 0 Å². The Hall–Kier alpha value is -1.94. The molecule has 0 radical (unpaired) electrons. The van der Waals surface area contributed by atoms with Crippen LogP contribution < -0.4 is 10.6 Å². The van der Waals surface area contributed by atoms with Crippen molar-refractivity contribution >= 4 is 39.7 Å². The van der Waals surface area contributed by atoms with E-state index in [0.717, 1.165) is 23.9 Å². The van der Waals surface area contributed by atoms with Gasteiger partial charge in [-0.3, -0.25) is 4.79 Å². The molecule has 3 nitrogen and oxygen atoms in total. The van der Waals surface area contributed by atoms with Gasteiger partial charge in [-0.1, -0.05) is 43.7 Å². The highest BCUT2D eigenvalue weighted by atomic mass is 32.1. The molecule has 2 N–H and O–H groups in total. The maximum atomic E-state index is 11.6. The van der Waals surface area contributed by atoms with Crippen molar-refractivity contribution in [1.82, 2.24) is 5.32 Å². The second-order valence-corrected chi connectivity index (χ2v) is 5.08. The molecule has 1 amide bonds. The van der Waals surface area contributed by atoms with E-state index in [-0.39, 0.29) is 5.91 Å². The number of amides is 1. The lowest BCUT2D eigenvalue weighted by atomic mass is 10.1. The molecule has 20 heavy (non-hydrogen) atoms. The third kappa shape index (κ3) is 4.03. The van der Waals surface area contributed by atoms with Crippen LogP contribution in [0.1, 0.15) is 26.2 Å². The third-order valence-electron chi connectivity index (χ3n) is 3.02. The third-order valence-corrected chi connectivity index (χ3v) is 3.22. The monoisotopic (exact) mass is 286 g/mol. The van der Waals surface area contributed by atoms with Crippen molar-refractivity contribution < 1.29 is 4.79 Å². The molecule has 0 aliphatic heterocycles. The molecule has 2 rings (SSSR count). The predicted molar refractivity (Wildman–Crippen MR) is 87.8 cm³/mol. The number of anilines is 1. The van der Waals surface area contributed by atoms with E-state index in [4.69, 9.17) is 12.2 Å². The molecular formula is C16H18N2OS. The maximum absolute atomic E-state index is 11.6. The molecule has 0 spiro atoms. The van der Waals surface area contributed by atoms with Crippen molar-refractivity contribution in [2.24, 2.45) is 0 Å². The summed E-state index contributed by atoms with van der Waals surface area (Å²) < 4.78 is 0. The summed E-state index contributed by atoms with van der Waals surface area (Å²) >= 11 is 5.14. The normalized spacial score (nSPS) is 10.2. The minimum atomic E-state index is -0.0369. The molecule has 0 aromatic heterocycles. The first-order valence-electron chi connectivity index (χ1n) is 6.78. The van der Waals surface area contributed by atoms with Crippen LogP contribution in [0.4, 0.5) is 5.69 Å². The van der Waals surface area contributed by atoms with Crippen molar-refractivity contribution in [3.8, 4) is 0 Å². The molecule has 0 atom stereocenters. The minimum absolute atomic E-state index is 0.0369. The lowest BCUT2D eigenvalue weighted by molar-refractivity contribution is -0.119. The Bertz CT molecular complexity index is 625. The molecule has 0 fully saturated rings. The fraction of sp³-hybridized carbons (Fsp3) is 0.250. The first-order valence-corrected chi connectivity index (χ1v) is 7.19. The Morgan fingerprint density at radius 3 is 2.65 bits per heavy atom. The van der Waals surface area contributed by atoms with Gasteiger partial charge < -0.3 is 10.6 Å². The molecular weight excluding hydrogens is 268 g/mol. The number of carbonyl (C=O) groups is 1. The van der Waals surface area contributed by atoms with E-state index < -0.39 is 0 Å². The van der Waals surface area contributed by atoms with Crippen LogP contribution in [0.15, 0.2) is 42.5 Å². The van der Waals surface area contributed by atoms with E-state index in [1.165, 1.54) is 5.39 Å². The first kappa shape index (κ1) is 14.5. The smallest absolute Gasteiger partial charge is 0.226 e. The van der Waals surface area contributed by atoms with Crippen LogP contribution in [0.3, 0.4) is 0 Å². The summed E-state index contributed by atoms with van der Waals surface area (Å²) in [6.07, 6.45) is 2.39. The van der Waals surface area contributed by atoms with Gasteiger partial charge in [0.1, 0.15) is 0 Å². The van der Waals surface area contributed by atoms with Crippen molar-refractivity contribution in [2.45, 2.75) is 26.2 Å². The highest BCUT2D eigenvalue weighted by molar-refractivity contribution is 7.80. The van der Waals surface area contributed by atoms with Gasteiger partial charge in [-0.05, 0) is 41.5 Å². The Labute approximate surface area is 124 Å². The van der Waals surface area contributed by atoms with Crippen LogP contribution in [-0.2, 0) is 4.79 Å². The minimum Gasteiger partial charge on any atom is -0.332 e. The quantitative estimate of drug-likeness (QED) is 0.839. The summed E-state index contributed by atoms with van der Waals surface area (Å²) in [7, 11) is 0. The van der Waals surface area contributed by atoms with Gasteiger partial charge in [0, 0.05) is 12.1 Å². The van der Waals surface area contributed by atoms with Gasteiger partial charge in [-0.15, -0.1) is 0 Å². The zero-order valence-corrected chi connectivity index (χ0v) is 12.3. The maximum Gasteiger partial charge on any atom is 0.226 e. The Kier molecular flexibility index (Phi) is 5.07. The van der Waals surface area contributed by atoms with Crippen molar-refractivity contribution in [3.05, 3.63) is 42.5 Å². The lowest BCUT2D eigenvalue weighted by Crippen LogP contribution is -2.33. The molecule has 0 unspecified atom stereocenters. The summed E-state index contributed by atoms with van der Waals surface area (Å²) in [4.78, 5) is 11.6. The molecule has 0 saturated carbocycles. The van der Waals surface area contributed by atoms with E-state index in [0.29, 0.717) is 11.5 Å². The second-order valence-electron chi connectivity index (χ2n) is 4.67. The highest BCUT2D eigenvalue weighted by Crippen LogP contribution is 2.18. The standard InChI is InChI=1S/C16H18N2OS/c1-2-3-8-15(19)18-16(20)17-14-10-9-12-6-4-5-7-13(12)11-14/h4-7,9-11H,2-3,8H2,1H3,(H2,17,18,19,20). The van der Waals surface area contributed by atoms with E-state index in [2.05, 4.69) is 23.6 Å². The van der Waals surface area contributed by atoms with Crippen LogP contribution in [0.2, 0.25) is 0 Å². The molecule has 2 aromatic rings. The lowest BCUT2D eigenvalue weighted by Gasteiger charge is -2.10. The molecule has 0 bridgehead atoms. The Balaban J connectivity index is 1.97. The zero-order chi connectivity index (χ0) is 14.4. The first-order chi connectivity index (χ1) is 9.69. The van der Waals surface area contributed by atoms with Crippen molar-refractivity contribution in [2.75, 3.05) is 5.32 Å². The number of nitrogens with one attached hydrogen (secondary N) is 2. The highest BCUT2D eigenvalue weighted by Gasteiger charge is 2.04. The van der Waals surface area contributed by atoms with Gasteiger partial charge >= 0.3 is 0 Å². The number of fused-ring (bicyclic) bond motifs is 1. The van der Waals surface area contributed by atoms with E-state index in [1.54, 1.807) is 0 Å². The van der Waals surface area contributed by atoms with Crippen molar-refractivity contribution in [1.29, 1.82) is 0 Å². The summed E-state index contributed by atoms with van der Waals surface area (Å²) in [5, 5.41) is 8.40. The van der Waals surface area contributed by atoms with Crippen LogP contribution in [0.5, 0.6) is 0 Å². The summed E-state index contributed by atoms with van der Waals surface area (Å²) in [6, 6.07) is 14.1. The average molecular weight is 286 g/mol. The molecule has 2 aromatic carbocycles. The largest absolute Gasteiger partial charge is 0.332 e. The van der Waals surface area contributed by atoms with Gasteiger partial charge in [0.25, 0.3) is 0 Å². The number of hydrogen-bond donors (Lipinski definition) is 2. The topological polar surface area (TPSA) is 41.1 Å². The van der Waals surface area contributed by atoms with Crippen LogP contribution in [0, 0.1) is 0 Å². The SMILES string of the molecule is CCCCC(=O)NC(=S)Nc1ccc2ccccc2c1. The molecule has 0 aliphatic rings. The van der Waals surface area contributed by atoms with Crippen molar-refractivity contribution in [3.63, 3.8) is 0 Å². The molecule has 0 saturated heterocycles. The van der Waals surface area contributed by atoms with E-state index in [9.17, 15) is 4.79 Å². The van der Waals surface area contributed by atoms with Crippen LogP contribution in [0.25, 0.3) is 10.8 Å². The number of rotatable bonds is 4. The Morgan fingerprint density at radius 1 is 1.15 bits per heavy atom. The second kappa shape index (κ2) is 7.01. The summed E-state index contributed by atoms with van der Waals surface area (Å²) in [5.41, 5.74) is 0.879. The predicted octanol–water partition coefficient (Wildman–Crippen LogP) is 3.84. The zero-order valence-electron chi connectivity index (χ0n) is 11.5. The number of thiocarbonyl (C=S) groups is 1. The van der Waals surface area contributed by atoms with Crippen LogP contribution >= 0.6 is 12.2 Å². The number of unbranched alkanes of at least 4 members (excludes halogenated alkanes) is 1. The summed E-state index contributed by atoms with van der Waals surface area (Å²) in [5.74, 6) is -0.0369. The number of hydrogen-bond acceptors (Lipinski definition) is 2. The fourth-order valence-corrected chi connectivity index (χ4v) is 2.19. The van der Waals surface area contributed by atoms with Gasteiger partial charge in [-0.25, -0.2) is 0 Å². The van der Waals surface area contributed by atoms with Gasteiger partial charge in [0.05, 0.1) is 0 Å². The Morgan fingerprint density at radius 2 is 1.90 bits per heavy atom. The van der Waals surface area contributed by atoms with Gasteiger partial charge in [0.2, 0.25) is 5.91 Å². The fourth-order valence-electron chi connectivity index (χ4n) is 1.96. The molecule has 0 heterocycles. The molecule has 0 aliphatic carbocycles. The average Bonchev–Trinajstić information content (AvgIpc) is 2.44. The molecule has 104 valence electrons. The van der Waals surface area contributed by atoms with Gasteiger partial charge in [-0.2, -0.15) is 0 Å².